The molecule has 412 valence electrons. The van der Waals surface area contributed by atoms with Crippen LogP contribution < -0.4 is 54.0 Å². The van der Waals surface area contributed by atoms with E-state index >= 15 is 0 Å². The predicted molar refractivity (Wildman–Crippen MR) is 273 cm³/mol. The Morgan fingerprint density at radius 3 is 1.77 bits per heavy atom. The molecule has 0 spiro atoms. The zero-order chi connectivity index (χ0) is 55.8. The smallest absolute Gasteiger partial charge is 0.322 e. The van der Waals surface area contributed by atoms with Crippen LogP contribution in [0.1, 0.15) is 90.7 Å². The number of hydrogen-bond acceptors (Lipinski definition) is 13. The van der Waals surface area contributed by atoms with Gasteiger partial charge in [0, 0.05) is 13.0 Å². The summed E-state index contributed by atoms with van der Waals surface area (Å²) in [7, 11) is 0. The van der Waals surface area contributed by atoms with Crippen molar-refractivity contribution in [2.45, 2.75) is 141 Å². The molecule has 1 fully saturated rings. The van der Waals surface area contributed by atoms with Crippen LogP contribution in [0, 0.1) is 11.8 Å². The molecule has 9 amide bonds. The lowest BCUT2D eigenvalue weighted by atomic mass is 10.0. The van der Waals surface area contributed by atoms with Crippen molar-refractivity contribution in [3.05, 3.63) is 71.8 Å². The van der Waals surface area contributed by atoms with E-state index in [4.69, 9.17) is 16.6 Å². The van der Waals surface area contributed by atoms with E-state index in [0.717, 1.165) is 5.56 Å². The first-order chi connectivity index (χ1) is 35.5. The Kier molecular flexibility index (Phi) is 25.8. The van der Waals surface area contributed by atoms with Crippen LogP contribution in [0.2, 0.25) is 0 Å². The fourth-order valence-corrected chi connectivity index (χ4v) is 8.19. The summed E-state index contributed by atoms with van der Waals surface area (Å²) >= 11 is 0. The highest BCUT2D eigenvalue weighted by atomic mass is 16.4. The Labute approximate surface area is 436 Å². The van der Waals surface area contributed by atoms with Crippen LogP contribution in [0.3, 0.4) is 0 Å². The lowest BCUT2D eigenvalue weighted by Gasteiger charge is -2.30. The van der Waals surface area contributed by atoms with Crippen LogP contribution in [0.25, 0.3) is 0 Å². The number of carboxylic acids is 2. The van der Waals surface area contributed by atoms with Gasteiger partial charge in [0.1, 0.15) is 48.8 Å². The van der Waals surface area contributed by atoms with Crippen molar-refractivity contribution in [2.24, 2.45) is 23.3 Å². The summed E-state index contributed by atoms with van der Waals surface area (Å²) in [5.41, 5.74) is 13.3. The van der Waals surface area contributed by atoms with E-state index in [2.05, 4.69) is 42.5 Å². The summed E-state index contributed by atoms with van der Waals surface area (Å²) in [4.78, 5) is 146. The average molecular weight is 1050 g/mol. The van der Waals surface area contributed by atoms with E-state index in [1.54, 1.807) is 58.0 Å². The molecule has 0 aromatic heterocycles. The molecule has 14 N–H and O–H groups in total. The van der Waals surface area contributed by atoms with E-state index in [-0.39, 0.29) is 51.1 Å². The molecule has 3 rings (SSSR count). The molecule has 1 heterocycles. The Bertz CT molecular complexity index is 2290. The van der Waals surface area contributed by atoms with Crippen molar-refractivity contribution < 1.29 is 63.0 Å². The standard InChI is InChI=1S/C51H75N11O13/c1-29(2)23-36(46(70)55-28-42(66)67)59-44(68)31(5)56-50(74)43(30(3)4)61-48(72)37(26-41(64)65)60-47(71)35(19-12-13-21-52)58-49(73)39-20-14-22-62(39)51(75)38(25-33-17-10-7-11-18-33)57-40(63)27-54-45(69)34(53)24-32-15-8-6-9-16-32/h6-11,15-18,29-31,34-39,43H,12-14,19-28,52-53H2,1-5H3,(H,54,69)(H,55,70)(H,56,74)(H,57,63)(H,58,73)(H,59,68)(H,60,71)(H,61,72)(H,64,65)(H,66,67)/t31-,34-,35-,36-,37-,38-,39-,43-/m0/s1. The molecule has 0 radical (unpaired) electrons. The molecule has 0 aliphatic carbocycles. The number of carbonyl (C=O) groups is 11. The quantitative estimate of drug-likeness (QED) is 0.0376. The largest absolute Gasteiger partial charge is 0.481 e. The Hall–Kier alpha value is -7.47. The number of carboxylic acid groups (broad SMARTS) is 2. The molecule has 0 saturated carbocycles. The first-order valence-corrected chi connectivity index (χ1v) is 25.1. The van der Waals surface area contributed by atoms with Crippen LogP contribution >= 0.6 is 0 Å². The minimum absolute atomic E-state index is 0.0134. The van der Waals surface area contributed by atoms with Crippen LogP contribution in [0.5, 0.6) is 0 Å². The minimum Gasteiger partial charge on any atom is -0.481 e. The van der Waals surface area contributed by atoms with Gasteiger partial charge in [-0.2, -0.15) is 0 Å². The summed E-state index contributed by atoms with van der Waals surface area (Å²) in [6.07, 6.45) is 0.730. The highest BCUT2D eigenvalue weighted by Crippen LogP contribution is 2.21. The highest BCUT2D eigenvalue weighted by Gasteiger charge is 2.40. The third kappa shape index (κ3) is 21.5. The summed E-state index contributed by atoms with van der Waals surface area (Å²) < 4.78 is 0. The zero-order valence-corrected chi connectivity index (χ0v) is 43.2. The zero-order valence-electron chi connectivity index (χ0n) is 43.2. The SMILES string of the molecule is CC(C)C[C@H](NC(=O)[C@H](C)NC(=O)[C@@H](NC(=O)[C@H](CC(=O)O)NC(=O)[C@H](CCCCN)NC(=O)[C@@H]1CCCN1C(=O)[C@H](Cc1ccccc1)NC(=O)CNC(=O)[C@@H](N)Cc1ccccc1)C(C)C)C(=O)NCC(=O)O. The summed E-state index contributed by atoms with van der Waals surface area (Å²) in [5.74, 6) is -10.6. The van der Waals surface area contributed by atoms with E-state index < -0.39 is 139 Å². The van der Waals surface area contributed by atoms with Crippen molar-refractivity contribution in [3.63, 3.8) is 0 Å². The molecular formula is C51H75N11O13. The molecule has 1 saturated heterocycles. The fourth-order valence-electron chi connectivity index (χ4n) is 8.19. The third-order valence-corrected chi connectivity index (χ3v) is 12.2. The van der Waals surface area contributed by atoms with E-state index in [0.29, 0.717) is 24.8 Å². The second-order valence-electron chi connectivity index (χ2n) is 19.3. The lowest BCUT2D eigenvalue weighted by molar-refractivity contribution is -0.143. The minimum atomic E-state index is -1.78. The first-order valence-electron chi connectivity index (χ1n) is 25.1. The number of likely N-dealkylation sites (tertiary alicyclic amines) is 1. The van der Waals surface area contributed by atoms with Crippen LogP contribution in [-0.4, -0.2) is 155 Å². The molecule has 1 aliphatic heterocycles. The van der Waals surface area contributed by atoms with Crippen molar-refractivity contribution in [2.75, 3.05) is 26.2 Å². The highest BCUT2D eigenvalue weighted by molar-refractivity contribution is 5.99. The van der Waals surface area contributed by atoms with E-state index in [1.807, 2.05) is 30.3 Å². The molecule has 0 unspecified atom stereocenters. The molecule has 1 aliphatic rings. The third-order valence-electron chi connectivity index (χ3n) is 12.2. The number of rotatable bonds is 31. The second kappa shape index (κ2) is 31.3. The Morgan fingerprint density at radius 2 is 1.20 bits per heavy atom. The number of carbonyl (C=O) groups excluding carboxylic acids is 9. The molecule has 0 bridgehead atoms. The fraction of sp³-hybridized carbons (Fsp3) is 0.549. The van der Waals surface area contributed by atoms with Crippen LogP contribution in [0.4, 0.5) is 0 Å². The van der Waals surface area contributed by atoms with Gasteiger partial charge in [0.25, 0.3) is 0 Å². The van der Waals surface area contributed by atoms with Crippen molar-refractivity contribution in [1.29, 1.82) is 0 Å². The summed E-state index contributed by atoms with van der Waals surface area (Å²) in [5, 5.41) is 38.7. The maximum atomic E-state index is 14.4. The molecule has 24 nitrogen and oxygen atoms in total. The van der Waals surface area contributed by atoms with Crippen molar-refractivity contribution in [3.8, 4) is 0 Å². The number of benzene rings is 2. The predicted octanol–water partition coefficient (Wildman–Crippen LogP) is -1.66. The average Bonchev–Trinajstić information content (AvgIpc) is 3.86. The Balaban J connectivity index is 1.75. The molecular weight excluding hydrogens is 975 g/mol. The van der Waals surface area contributed by atoms with Gasteiger partial charge >= 0.3 is 11.9 Å². The number of nitrogens with one attached hydrogen (secondary N) is 8. The number of hydrogen-bond donors (Lipinski definition) is 12. The molecule has 2 aromatic carbocycles. The van der Waals surface area contributed by atoms with Crippen LogP contribution in [0.15, 0.2) is 60.7 Å². The number of amides is 9. The summed E-state index contributed by atoms with van der Waals surface area (Å²) in [6, 6.07) is 7.71. The van der Waals surface area contributed by atoms with E-state index in [9.17, 15) is 57.8 Å². The maximum absolute atomic E-state index is 14.4. The van der Waals surface area contributed by atoms with Crippen molar-refractivity contribution in [1.82, 2.24) is 47.4 Å². The van der Waals surface area contributed by atoms with Gasteiger partial charge in [0.05, 0.1) is 19.0 Å². The number of nitrogens with zero attached hydrogens (tertiary/aromatic N) is 1. The molecule has 2 aromatic rings. The van der Waals surface area contributed by atoms with E-state index in [1.165, 1.54) is 11.8 Å². The maximum Gasteiger partial charge on any atom is 0.322 e. The number of nitrogens with two attached hydrogens (primary N) is 2. The van der Waals surface area contributed by atoms with Gasteiger partial charge in [0.15, 0.2) is 0 Å². The van der Waals surface area contributed by atoms with Gasteiger partial charge in [0.2, 0.25) is 53.2 Å². The monoisotopic (exact) mass is 1050 g/mol. The summed E-state index contributed by atoms with van der Waals surface area (Å²) in [6.45, 7) is 7.19. The van der Waals surface area contributed by atoms with Gasteiger partial charge in [-0.3, -0.25) is 52.7 Å². The van der Waals surface area contributed by atoms with Gasteiger partial charge in [-0.1, -0.05) is 88.4 Å². The van der Waals surface area contributed by atoms with Crippen molar-refractivity contribution >= 4 is 65.1 Å². The molecule has 75 heavy (non-hydrogen) atoms. The van der Waals surface area contributed by atoms with Crippen LogP contribution in [-0.2, 0) is 65.6 Å². The van der Waals surface area contributed by atoms with Gasteiger partial charge in [-0.15, -0.1) is 0 Å². The molecule has 24 heteroatoms. The number of aliphatic carboxylic acids is 2. The topological polar surface area (TPSA) is 380 Å². The normalized spacial score (nSPS) is 15.9. The lowest BCUT2D eigenvalue weighted by Crippen LogP contribution is -2.60. The second-order valence-corrected chi connectivity index (χ2v) is 19.3. The first kappa shape index (κ1) is 61.8. The van der Waals surface area contributed by atoms with Gasteiger partial charge in [-0.05, 0) is 81.4 Å². The van der Waals surface area contributed by atoms with Gasteiger partial charge in [-0.25, -0.2) is 0 Å². The number of unbranched alkanes of at least 4 members (excludes halogenated alkanes) is 1. The Morgan fingerprint density at radius 1 is 0.613 bits per heavy atom. The van der Waals surface area contributed by atoms with Gasteiger partial charge < -0.3 is 69.1 Å². The molecule has 8 atom stereocenters.